The van der Waals surface area contributed by atoms with Crippen molar-refractivity contribution in [3.05, 3.63) is 24.0 Å². The summed E-state index contributed by atoms with van der Waals surface area (Å²) >= 11 is 0. The number of nitrogens with zero attached hydrogens (tertiary/aromatic N) is 3. The highest BCUT2D eigenvalue weighted by atomic mass is 15.3. The summed E-state index contributed by atoms with van der Waals surface area (Å²) in [5, 5.41) is 12.5. The second-order valence-electron chi connectivity index (χ2n) is 3.85. The third-order valence-corrected chi connectivity index (χ3v) is 1.64. The van der Waals surface area contributed by atoms with Crippen LogP contribution in [0, 0.1) is 11.3 Å². The van der Waals surface area contributed by atoms with Crippen LogP contribution in [-0.4, -0.2) is 9.78 Å². The Labute approximate surface area is 78.3 Å². The van der Waals surface area contributed by atoms with Crippen LogP contribution in [0.3, 0.4) is 0 Å². The molecular formula is C10H13N3. The van der Waals surface area contributed by atoms with Crippen molar-refractivity contribution < 1.29 is 0 Å². The van der Waals surface area contributed by atoms with Gasteiger partial charge in [-0.05, 0) is 26.8 Å². The van der Waals surface area contributed by atoms with E-state index in [4.69, 9.17) is 5.26 Å². The maximum atomic E-state index is 8.33. The van der Waals surface area contributed by atoms with Gasteiger partial charge in [0.1, 0.15) is 0 Å². The second-order valence-corrected chi connectivity index (χ2v) is 3.85. The van der Waals surface area contributed by atoms with Crippen LogP contribution in [0.5, 0.6) is 0 Å². The van der Waals surface area contributed by atoms with Gasteiger partial charge in [-0.25, -0.2) is 0 Å². The molecule has 0 saturated carbocycles. The van der Waals surface area contributed by atoms with Gasteiger partial charge in [0.2, 0.25) is 0 Å². The van der Waals surface area contributed by atoms with Crippen LogP contribution in [0.4, 0.5) is 0 Å². The Morgan fingerprint density at radius 2 is 2.23 bits per heavy atom. The molecule has 0 saturated heterocycles. The van der Waals surface area contributed by atoms with Gasteiger partial charge in [-0.1, -0.05) is 0 Å². The van der Waals surface area contributed by atoms with Gasteiger partial charge in [-0.3, -0.25) is 4.68 Å². The van der Waals surface area contributed by atoms with Gasteiger partial charge in [-0.2, -0.15) is 10.4 Å². The van der Waals surface area contributed by atoms with Crippen molar-refractivity contribution in [3.63, 3.8) is 0 Å². The number of hydrogen-bond donors (Lipinski definition) is 0. The molecule has 0 aromatic carbocycles. The minimum atomic E-state index is -0.00126. The normalized spacial score (nSPS) is 11.8. The Bertz CT molecular complexity index is 347. The number of aromatic nitrogens is 2. The molecule has 1 heterocycles. The fourth-order valence-electron chi connectivity index (χ4n) is 0.923. The first-order chi connectivity index (χ1) is 6.04. The van der Waals surface area contributed by atoms with Crippen LogP contribution >= 0.6 is 0 Å². The molecule has 0 radical (unpaired) electrons. The lowest BCUT2D eigenvalue weighted by atomic mass is 10.1. The summed E-state index contributed by atoms with van der Waals surface area (Å²) in [5.41, 5.74) is 0.954. The van der Waals surface area contributed by atoms with E-state index in [-0.39, 0.29) is 5.54 Å². The smallest absolute Gasteiger partial charge is 0.0912 e. The Balaban J connectivity index is 2.89. The maximum Gasteiger partial charge on any atom is 0.0912 e. The van der Waals surface area contributed by atoms with Crippen LogP contribution in [0.25, 0.3) is 6.08 Å². The Morgan fingerprint density at radius 1 is 1.54 bits per heavy atom. The van der Waals surface area contributed by atoms with Crippen molar-refractivity contribution >= 4 is 6.08 Å². The molecule has 0 unspecified atom stereocenters. The van der Waals surface area contributed by atoms with Crippen molar-refractivity contribution in [1.82, 2.24) is 9.78 Å². The van der Waals surface area contributed by atoms with Crippen molar-refractivity contribution in [2.24, 2.45) is 0 Å². The van der Waals surface area contributed by atoms with Gasteiger partial charge in [0, 0.05) is 17.8 Å². The van der Waals surface area contributed by atoms with E-state index in [9.17, 15) is 0 Å². The summed E-state index contributed by atoms with van der Waals surface area (Å²) in [6.45, 7) is 6.24. The molecular weight excluding hydrogens is 162 g/mol. The van der Waals surface area contributed by atoms with Gasteiger partial charge < -0.3 is 0 Å². The maximum absolute atomic E-state index is 8.33. The fraction of sp³-hybridized carbons (Fsp3) is 0.400. The summed E-state index contributed by atoms with van der Waals surface area (Å²) in [7, 11) is 0. The molecule has 0 spiro atoms. The van der Waals surface area contributed by atoms with Crippen molar-refractivity contribution in [3.8, 4) is 6.07 Å². The van der Waals surface area contributed by atoms with Gasteiger partial charge >= 0.3 is 0 Å². The molecule has 0 N–H and O–H groups in total. The Morgan fingerprint density at radius 3 is 2.69 bits per heavy atom. The summed E-state index contributed by atoms with van der Waals surface area (Å²) in [4.78, 5) is 0. The lowest BCUT2D eigenvalue weighted by Gasteiger charge is -2.18. The Kier molecular flexibility index (Phi) is 2.52. The van der Waals surface area contributed by atoms with Crippen LogP contribution in [0.1, 0.15) is 26.3 Å². The van der Waals surface area contributed by atoms with E-state index in [1.807, 2.05) is 16.9 Å². The average Bonchev–Trinajstić information content (AvgIpc) is 2.47. The topological polar surface area (TPSA) is 41.6 Å². The molecule has 3 heteroatoms. The first kappa shape index (κ1) is 9.53. The SMILES string of the molecule is CC(C)(C)n1cc(/C=C/C#N)cn1. The van der Waals surface area contributed by atoms with E-state index in [0.717, 1.165) is 5.56 Å². The summed E-state index contributed by atoms with van der Waals surface area (Å²) in [6.07, 6.45) is 6.87. The Hall–Kier alpha value is -1.56. The predicted molar refractivity (Wildman–Crippen MR) is 51.9 cm³/mol. The van der Waals surface area contributed by atoms with Gasteiger partial charge in [-0.15, -0.1) is 0 Å². The van der Waals surface area contributed by atoms with Gasteiger partial charge in [0.25, 0.3) is 0 Å². The standard InChI is InChI=1S/C10H13N3/c1-10(2,3)13-8-9(7-12-13)5-4-6-11/h4-5,7-8H,1-3H3/b5-4+. The molecule has 1 aromatic heterocycles. The molecule has 0 atom stereocenters. The highest BCUT2D eigenvalue weighted by molar-refractivity contribution is 5.49. The van der Waals surface area contributed by atoms with E-state index in [2.05, 4.69) is 25.9 Å². The molecule has 0 fully saturated rings. The summed E-state index contributed by atoms with van der Waals surface area (Å²) in [5.74, 6) is 0. The van der Waals surface area contributed by atoms with Crippen molar-refractivity contribution in [2.45, 2.75) is 26.3 Å². The molecule has 0 aliphatic heterocycles. The summed E-state index contributed by atoms with van der Waals surface area (Å²) in [6, 6.07) is 1.95. The number of allylic oxidation sites excluding steroid dienone is 1. The lowest BCUT2D eigenvalue weighted by Crippen LogP contribution is -2.21. The molecule has 1 aromatic rings. The third kappa shape index (κ3) is 2.45. The predicted octanol–water partition coefficient (Wildman–Crippen LogP) is 2.17. The average molecular weight is 175 g/mol. The van der Waals surface area contributed by atoms with E-state index >= 15 is 0 Å². The van der Waals surface area contributed by atoms with Gasteiger partial charge in [0.15, 0.2) is 0 Å². The molecule has 0 aliphatic rings. The highest BCUT2D eigenvalue weighted by Gasteiger charge is 2.12. The van der Waals surface area contributed by atoms with E-state index in [0.29, 0.717) is 0 Å². The first-order valence-electron chi connectivity index (χ1n) is 4.15. The second kappa shape index (κ2) is 3.44. The molecule has 0 aliphatic carbocycles. The minimum absolute atomic E-state index is 0.00126. The molecule has 0 bridgehead atoms. The molecule has 13 heavy (non-hydrogen) atoms. The van der Waals surface area contributed by atoms with E-state index in [1.54, 1.807) is 12.3 Å². The van der Waals surface area contributed by atoms with Crippen LogP contribution < -0.4 is 0 Å². The van der Waals surface area contributed by atoms with Crippen LogP contribution in [0.2, 0.25) is 0 Å². The lowest BCUT2D eigenvalue weighted by molar-refractivity contribution is 0.355. The fourth-order valence-corrected chi connectivity index (χ4v) is 0.923. The third-order valence-electron chi connectivity index (χ3n) is 1.64. The van der Waals surface area contributed by atoms with Crippen LogP contribution in [0.15, 0.2) is 18.5 Å². The molecule has 0 amide bonds. The number of rotatable bonds is 1. The zero-order valence-electron chi connectivity index (χ0n) is 8.15. The number of hydrogen-bond acceptors (Lipinski definition) is 2. The van der Waals surface area contributed by atoms with Crippen LogP contribution in [-0.2, 0) is 5.54 Å². The zero-order chi connectivity index (χ0) is 9.90. The van der Waals surface area contributed by atoms with E-state index in [1.165, 1.54) is 6.08 Å². The van der Waals surface area contributed by atoms with E-state index < -0.39 is 0 Å². The van der Waals surface area contributed by atoms with Gasteiger partial charge in [0.05, 0.1) is 17.8 Å². The highest BCUT2D eigenvalue weighted by Crippen LogP contribution is 2.13. The molecule has 3 nitrogen and oxygen atoms in total. The molecule has 1 rings (SSSR count). The monoisotopic (exact) mass is 175 g/mol. The van der Waals surface area contributed by atoms with Crippen molar-refractivity contribution in [2.75, 3.05) is 0 Å². The quantitative estimate of drug-likeness (QED) is 0.614. The summed E-state index contributed by atoms with van der Waals surface area (Å²) < 4.78 is 1.88. The minimum Gasteiger partial charge on any atom is -0.267 e. The molecule has 68 valence electrons. The van der Waals surface area contributed by atoms with Crippen molar-refractivity contribution in [1.29, 1.82) is 5.26 Å². The largest absolute Gasteiger partial charge is 0.267 e. The first-order valence-corrected chi connectivity index (χ1v) is 4.15. The zero-order valence-corrected chi connectivity index (χ0v) is 8.15. The number of nitriles is 1.